The molecule has 0 radical (unpaired) electrons. The van der Waals surface area contributed by atoms with Crippen molar-refractivity contribution in [2.75, 3.05) is 11.9 Å². The maximum atomic E-state index is 12.3. The third-order valence-corrected chi connectivity index (χ3v) is 5.22. The highest BCUT2D eigenvalue weighted by atomic mass is 32.2. The maximum Gasteiger partial charge on any atom is 0.446 e. The summed E-state index contributed by atoms with van der Waals surface area (Å²) in [6.45, 7) is 3.39. The topological polar surface area (TPSA) is 79.2 Å². The number of benzene rings is 1. The molecule has 0 saturated carbocycles. The quantitative estimate of drug-likeness (QED) is 0.552. The highest BCUT2D eigenvalue weighted by molar-refractivity contribution is 8.00. The highest BCUT2D eigenvalue weighted by Crippen LogP contribution is 2.37. The number of rotatable bonds is 5. The van der Waals surface area contributed by atoms with Gasteiger partial charge in [0.2, 0.25) is 0 Å². The molecule has 0 unspecified atom stereocenters. The number of thiophene rings is 1. The van der Waals surface area contributed by atoms with E-state index in [9.17, 15) is 28.0 Å². The number of hydrogen-bond donors (Lipinski definition) is 1. The van der Waals surface area contributed by atoms with Crippen molar-refractivity contribution in [3.63, 3.8) is 0 Å². The van der Waals surface area contributed by atoms with Gasteiger partial charge in [-0.3, -0.25) is 4.79 Å². The van der Waals surface area contributed by atoms with Gasteiger partial charge in [0.1, 0.15) is 15.9 Å². The van der Waals surface area contributed by atoms with Crippen molar-refractivity contribution in [1.82, 2.24) is 0 Å². The number of halogens is 3. The lowest BCUT2D eigenvalue weighted by Crippen LogP contribution is -2.11. The largest absolute Gasteiger partial charge is 0.462 e. The van der Waals surface area contributed by atoms with Crippen LogP contribution in [0.25, 0.3) is 0 Å². The summed E-state index contributed by atoms with van der Waals surface area (Å²) in [5.41, 5.74) is -3.76. The zero-order chi connectivity index (χ0) is 20.2. The summed E-state index contributed by atoms with van der Waals surface area (Å²) in [5, 5.41) is 12.0. The molecule has 2 rings (SSSR count). The van der Waals surface area contributed by atoms with Crippen LogP contribution in [0.4, 0.5) is 18.2 Å². The Bertz CT molecular complexity index is 900. The summed E-state index contributed by atoms with van der Waals surface area (Å²) in [4.78, 5) is 24.4. The number of anilines is 1. The van der Waals surface area contributed by atoms with E-state index in [2.05, 4.69) is 5.32 Å². The standard InChI is InChI=1S/C17H13F3N2O3S2/c1-3-25-16(24)13-9(2)12(8-21)15(26-13)22-14(23)10-4-6-11(7-5-10)27-17(18,19)20/h4-7H,3H2,1-2H3,(H,22,23). The molecular formula is C17H13F3N2O3S2. The zero-order valence-electron chi connectivity index (χ0n) is 14.1. The molecule has 5 nitrogen and oxygen atoms in total. The Morgan fingerprint density at radius 3 is 2.44 bits per heavy atom. The molecule has 0 aliphatic rings. The van der Waals surface area contributed by atoms with E-state index < -0.39 is 17.4 Å². The number of alkyl halides is 3. The molecule has 0 atom stereocenters. The number of nitrogens with one attached hydrogen (secondary N) is 1. The first-order valence-corrected chi connectivity index (χ1v) is 9.17. The molecule has 0 spiro atoms. The van der Waals surface area contributed by atoms with Gasteiger partial charge in [0.15, 0.2) is 0 Å². The van der Waals surface area contributed by atoms with Gasteiger partial charge in [-0.1, -0.05) is 0 Å². The lowest BCUT2D eigenvalue weighted by molar-refractivity contribution is -0.0328. The van der Waals surface area contributed by atoms with Gasteiger partial charge in [-0.05, 0) is 55.4 Å². The van der Waals surface area contributed by atoms with Crippen LogP contribution in [-0.2, 0) is 4.74 Å². The van der Waals surface area contributed by atoms with E-state index in [4.69, 9.17) is 4.74 Å². The van der Waals surface area contributed by atoms with Crippen LogP contribution < -0.4 is 5.32 Å². The van der Waals surface area contributed by atoms with Crippen LogP contribution in [-0.4, -0.2) is 24.0 Å². The van der Waals surface area contributed by atoms with Crippen LogP contribution in [0.2, 0.25) is 0 Å². The number of carbonyl (C=O) groups excluding carboxylic acids is 2. The van der Waals surface area contributed by atoms with Gasteiger partial charge >= 0.3 is 11.5 Å². The predicted octanol–water partition coefficient (Wildman–Crippen LogP) is 4.97. The molecule has 1 aromatic carbocycles. The van der Waals surface area contributed by atoms with E-state index in [1.807, 2.05) is 6.07 Å². The maximum absolute atomic E-state index is 12.3. The van der Waals surface area contributed by atoms with Crippen LogP contribution in [0, 0.1) is 18.3 Å². The van der Waals surface area contributed by atoms with E-state index in [0.29, 0.717) is 5.56 Å². The molecule has 1 aromatic heterocycles. The smallest absolute Gasteiger partial charge is 0.446 e. The molecule has 0 saturated heterocycles. The Kier molecular flexibility index (Phi) is 6.51. The van der Waals surface area contributed by atoms with Gasteiger partial charge in [-0.2, -0.15) is 18.4 Å². The number of carbonyl (C=O) groups is 2. The molecule has 0 fully saturated rings. The molecular weight excluding hydrogens is 401 g/mol. The zero-order valence-corrected chi connectivity index (χ0v) is 15.8. The van der Waals surface area contributed by atoms with Crippen LogP contribution in [0.3, 0.4) is 0 Å². The number of amides is 1. The van der Waals surface area contributed by atoms with Gasteiger partial charge in [0.25, 0.3) is 5.91 Å². The SMILES string of the molecule is CCOC(=O)c1sc(NC(=O)c2ccc(SC(F)(F)F)cc2)c(C#N)c1C. The van der Waals surface area contributed by atoms with Crippen molar-refractivity contribution in [1.29, 1.82) is 5.26 Å². The second-order valence-corrected chi connectivity index (χ2v) is 7.28. The van der Waals surface area contributed by atoms with E-state index in [1.54, 1.807) is 13.8 Å². The summed E-state index contributed by atoms with van der Waals surface area (Å²) in [6.07, 6.45) is 0. The molecule has 10 heteroatoms. The van der Waals surface area contributed by atoms with Gasteiger partial charge in [-0.25, -0.2) is 4.79 Å². The van der Waals surface area contributed by atoms with Gasteiger partial charge in [0.05, 0.1) is 12.2 Å². The molecule has 2 aromatic rings. The van der Waals surface area contributed by atoms with E-state index >= 15 is 0 Å². The fourth-order valence-electron chi connectivity index (χ4n) is 2.11. The Morgan fingerprint density at radius 1 is 1.30 bits per heavy atom. The number of ether oxygens (including phenoxy) is 1. The van der Waals surface area contributed by atoms with Crippen molar-refractivity contribution in [2.45, 2.75) is 24.3 Å². The van der Waals surface area contributed by atoms with Crippen molar-refractivity contribution in [3.05, 3.63) is 45.8 Å². The fourth-order valence-corrected chi connectivity index (χ4v) is 3.70. The fraction of sp³-hybridized carbons (Fsp3) is 0.235. The Labute approximate surface area is 161 Å². The van der Waals surface area contributed by atoms with E-state index in [-0.39, 0.29) is 44.3 Å². The average molecular weight is 414 g/mol. The molecule has 0 aliphatic carbocycles. The summed E-state index contributed by atoms with van der Waals surface area (Å²) in [6, 6.07) is 6.80. The first-order chi connectivity index (χ1) is 12.7. The molecule has 1 amide bonds. The minimum atomic E-state index is -4.41. The van der Waals surface area contributed by atoms with Crippen molar-refractivity contribution < 1.29 is 27.5 Å². The first-order valence-electron chi connectivity index (χ1n) is 7.54. The van der Waals surface area contributed by atoms with Gasteiger partial charge in [-0.15, -0.1) is 11.3 Å². The average Bonchev–Trinajstić information content (AvgIpc) is 2.89. The summed E-state index contributed by atoms with van der Waals surface area (Å²) < 4.78 is 42.0. The third kappa shape index (κ3) is 5.24. The minimum Gasteiger partial charge on any atom is -0.462 e. The number of esters is 1. The number of nitrogens with zero attached hydrogens (tertiary/aromatic N) is 1. The second-order valence-electron chi connectivity index (χ2n) is 5.12. The minimum absolute atomic E-state index is 0.0478. The number of nitriles is 1. The van der Waals surface area contributed by atoms with Crippen LogP contribution in [0.5, 0.6) is 0 Å². The van der Waals surface area contributed by atoms with Crippen LogP contribution in [0.1, 0.15) is 38.1 Å². The number of thioether (sulfide) groups is 1. The van der Waals surface area contributed by atoms with Gasteiger partial charge in [0, 0.05) is 10.5 Å². The van der Waals surface area contributed by atoms with Crippen LogP contribution in [0.15, 0.2) is 29.2 Å². The first kappa shape index (κ1) is 20.8. The molecule has 1 N–H and O–H groups in total. The number of hydrogen-bond acceptors (Lipinski definition) is 6. The van der Waals surface area contributed by atoms with Crippen LogP contribution >= 0.6 is 23.1 Å². The molecule has 0 bridgehead atoms. The molecule has 0 aliphatic heterocycles. The lowest BCUT2D eigenvalue weighted by atomic mass is 10.1. The Hall–Kier alpha value is -2.51. The van der Waals surface area contributed by atoms with Crippen molar-refractivity contribution in [2.24, 2.45) is 0 Å². The molecule has 27 heavy (non-hydrogen) atoms. The van der Waals surface area contributed by atoms with E-state index in [1.165, 1.54) is 24.3 Å². The third-order valence-electron chi connectivity index (χ3n) is 3.30. The van der Waals surface area contributed by atoms with Gasteiger partial charge < -0.3 is 10.1 Å². The predicted molar refractivity (Wildman–Crippen MR) is 96.0 cm³/mol. The Balaban J connectivity index is 2.21. The molecule has 142 valence electrons. The van der Waals surface area contributed by atoms with Crippen molar-refractivity contribution in [3.8, 4) is 6.07 Å². The monoisotopic (exact) mass is 414 g/mol. The van der Waals surface area contributed by atoms with Crippen molar-refractivity contribution >= 4 is 40.0 Å². The molecule has 1 heterocycles. The van der Waals surface area contributed by atoms with E-state index in [0.717, 1.165) is 11.3 Å². The summed E-state index contributed by atoms with van der Waals surface area (Å²) in [5.74, 6) is -1.20. The highest BCUT2D eigenvalue weighted by Gasteiger charge is 2.29. The summed E-state index contributed by atoms with van der Waals surface area (Å²) >= 11 is 0.631. The summed E-state index contributed by atoms with van der Waals surface area (Å²) in [7, 11) is 0. The lowest BCUT2D eigenvalue weighted by Gasteiger charge is -2.07. The normalized spacial score (nSPS) is 11.0. The second kappa shape index (κ2) is 8.45. The Morgan fingerprint density at radius 2 is 1.93 bits per heavy atom.